The zero-order valence-corrected chi connectivity index (χ0v) is 7.84. The van der Waals surface area contributed by atoms with E-state index in [-0.39, 0.29) is 5.02 Å². The van der Waals surface area contributed by atoms with Gasteiger partial charge in [0.25, 0.3) is 0 Å². The summed E-state index contributed by atoms with van der Waals surface area (Å²) in [5.74, 6) is 0. The van der Waals surface area contributed by atoms with Crippen LogP contribution in [0, 0.1) is 16.2 Å². The lowest BCUT2D eigenvalue weighted by molar-refractivity contribution is -0.403. The third-order valence-electron chi connectivity index (χ3n) is 1.28. The van der Waals surface area contributed by atoms with Gasteiger partial charge in [0.2, 0.25) is 6.20 Å². The molecular weight excluding hydrogens is 213 g/mol. The van der Waals surface area contributed by atoms with Gasteiger partial charge in [-0.25, -0.2) is 0 Å². The maximum absolute atomic E-state index is 9.98. The summed E-state index contributed by atoms with van der Waals surface area (Å²) >= 11 is 11.4. The van der Waals surface area contributed by atoms with Crippen LogP contribution in [0.2, 0.25) is 10.0 Å². The number of nitrogens with zero attached hydrogens (tertiary/aromatic N) is 1. The molecule has 3 nitrogen and oxygen atoms in total. The molecule has 1 aromatic carbocycles. The molecule has 1 rings (SSSR count). The predicted octanol–water partition coefficient (Wildman–Crippen LogP) is 2.94. The molecule has 0 aliphatic carbocycles. The minimum atomic E-state index is -0.614. The third kappa shape index (κ3) is 2.72. The highest BCUT2D eigenvalue weighted by Crippen LogP contribution is 2.25. The Morgan fingerprint density at radius 1 is 1.46 bits per heavy atom. The van der Waals surface area contributed by atoms with Crippen LogP contribution in [-0.4, -0.2) is 4.92 Å². The van der Waals surface area contributed by atoms with Crippen LogP contribution in [0.15, 0.2) is 24.4 Å². The highest BCUT2D eigenvalue weighted by molar-refractivity contribution is 6.42. The second-order valence-corrected chi connectivity index (χ2v) is 2.95. The van der Waals surface area contributed by atoms with Crippen molar-refractivity contribution in [2.24, 2.45) is 0 Å². The van der Waals surface area contributed by atoms with Gasteiger partial charge in [-0.05, 0) is 6.07 Å². The molecule has 0 N–H and O–H groups in total. The Morgan fingerprint density at radius 3 is 2.77 bits per heavy atom. The van der Waals surface area contributed by atoms with Gasteiger partial charge >= 0.3 is 0 Å². The SMILES string of the molecule is O=[N+]([O-])/C=[C]/c1cccc(Cl)c1Cl. The molecule has 1 aromatic rings. The molecular formula is C8H4Cl2NO2. The largest absolute Gasteiger partial charge is 0.259 e. The summed E-state index contributed by atoms with van der Waals surface area (Å²) in [6.45, 7) is 0. The molecule has 0 spiro atoms. The van der Waals surface area contributed by atoms with E-state index in [0.717, 1.165) is 0 Å². The van der Waals surface area contributed by atoms with Gasteiger partial charge in [-0.15, -0.1) is 0 Å². The third-order valence-corrected chi connectivity index (χ3v) is 2.10. The van der Waals surface area contributed by atoms with Gasteiger partial charge in [0.1, 0.15) is 0 Å². The molecule has 5 heteroatoms. The van der Waals surface area contributed by atoms with E-state index in [2.05, 4.69) is 6.08 Å². The molecule has 0 aliphatic heterocycles. The summed E-state index contributed by atoms with van der Waals surface area (Å²) in [5.41, 5.74) is 0.408. The first-order chi connectivity index (χ1) is 6.11. The molecule has 0 amide bonds. The second-order valence-electron chi connectivity index (χ2n) is 2.16. The first-order valence-electron chi connectivity index (χ1n) is 3.28. The summed E-state index contributed by atoms with van der Waals surface area (Å²) in [6.07, 6.45) is 3.10. The fraction of sp³-hybridized carbons (Fsp3) is 0. The molecule has 0 saturated carbocycles. The average Bonchev–Trinajstić information content (AvgIpc) is 2.07. The summed E-state index contributed by atoms with van der Waals surface area (Å²) in [6, 6.07) is 4.83. The zero-order chi connectivity index (χ0) is 9.84. The zero-order valence-electron chi connectivity index (χ0n) is 6.33. The lowest BCUT2D eigenvalue weighted by Gasteiger charge is -1.97. The van der Waals surface area contributed by atoms with E-state index in [4.69, 9.17) is 23.2 Å². The van der Waals surface area contributed by atoms with Crippen LogP contribution in [-0.2, 0) is 0 Å². The van der Waals surface area contributed by atoms with Crippen LogP contribution in [0.3, 0.4) is 0 Å². The van der Waals surface area contributed by atoms with E-state index in [1.54, 1.807) is 18.2 Å². The number of hydrogen-bond acceptors (Lipinski definition) is 2. The van der Waals surface area contributed by atoms with Gasteiger partial charge < -0.3 is 0 Å². The number of benzene rings is 1. The van der Waals surface area contributed by atoms with Crippen LogP contribution in [0.25, 0.3) is 0 Å². The quantitative estimate of drug-likeness (QED) is 0.564. The predicted molar refractivity (Wildman–Crippen MR) is 50.4 cm³/mol. The van der Waals surface area contributed by atoms with E-state index in [1.807, 2.05) is 0 Å². The Bertz CT molecular complexity index is 363. The van der Waals surface area contributed by atoms with Crippen molar-refractivity contribution >= 4 is 23.2 Å². The number of rotatable bonds is 2. The Hall–Kier alpha value is -1.06. The van der Waals surface area contributed by atoms with Crippen LogP contribution < -0.4 is 0 Å². The fourth-order valence-electron chi connectivity index (χ4n) is 0.738. The number of nitro groups is 1. The summed E-state index contributed by atoms with van der Waals surface area (Å²) in [4.78, 5) is 9.37. The van der Waals surface area contributed by atoms with Crippen molar-refractivity contribution in [1.82, 2.24) is 0 Å². The molecule has 0 heterocycles. The van der Waals surface area contributed by atoms with Crippen LogP contribution >= 0.6 is 23.2 Å². The van der Waals surface area contributed by atoms with Crippen LogP contribution in [0.1, 0.15) is 5.56 Å². The van der Waals surface area contributed by atoms with Gasteiger partial charge in [0.15, 0.2) is 0 Å². The maximum atomic E-state index is 9.98. The van der Waals surface area contributed by atoms with Crippen LogP contribution in [0.4, 0.5) is 0 Å². The van der Waals surface area contributed by atoms with E-state index in [0.29, 0.717) is 16.8 Å². The molecule has 0 unspecified atom stereocenters. The highest BCUT2D eigenvalue weighted by atomic mass is 35.5. The normalized spacial score (nSPS) is 10.6. The van der Waals surface area contributed by atoms with Crippen molar-refractivity contribution in [3.05, 3.63) is 56.2 Å². The Kier molecular flexibility index (Phi) is 3.28. The smallest absolute Gasteiger partial charge is 0.243 e. The summed E-state index contributed by atoms with van der Waals surface area (Å²) < 4.78 is 0. The Labute approximate surface area is 84.7 Å². The lowest BCUT2D eigenvalue weighted by Crippen LogP contribution is -1.85. The minimum Gasteiger partial charge on any atom is -0.259 e. The van der Waals surface area contributed by atoms with E-state index in [9.17, 15) is 10.1 Å². The van der Waals surface area contributed by atoms with Gasteiger partial charge in [0.05, 0.1) is 21.0 Å². The molecule has 0 saturated heterocycles. The standard InChI is InChI=1S/C8H4Cl2NO2/c9-7-3-1-2-6(8(7)10)4-5-11(12)13/h1-3,5H. The molecule has 67 valence electrons. The molecule has 0 bridgehead atoms. The van der Waals surface area contributed by atoms with Gasteiger partial charge in [-0.1, -0.05) is 35.3 Å². The van der Waals surface area contributed by atoms with Crippen molar-refractivity contribution in [3.63, 3.8) is 0 Å². The van der Waals surface area contributed by atoms with E-state index >= 15 is 0 Å². The maximum Gasteiger partial charge on any atom is 0.243 e. The minimum absolute atomic E-state index is 0.266. The average molecular weight is 217 g/mol. The number of halogens is 2. The number of hydrogen-bond donors (Lipinski definition) is 0. The first-order valence-corrected chi connectivity index (χ1v) is 4.04. The van der Waals surface area contributed by atoms with Crippen molar-refractivity contribution in [1.29, 1.82) is 0 Å². The van der Waals surface area contributed by atoms with Crippen molar-refractivity contribution in [2.75, 3.05) is 0 Å². The van der Waals surface area contributed by atoms with E-state index in [1.165, 1.54) is 0 Å². The van der Waals surface area contributed by atoms with Crippen molar-refractivity contribution < 1.29 is 4.92 Å². The summed E-state index contributed by atoms with van der Waals surface area (Å²) in [7, 11) is 0. The van der Waals surface area contributed by atoms with Crippen molar-refractivity contribution in [2.45, 2.75) is 0 Å². The molecule has 0 aliphatic rings. The molecule has 1 radical (unpaired) electrons. The Balaban J connectivity index is 3.02. The van der Waals surface area contributed by atoms with Gasteiger partial charge in [-0.3, -0.25) is 10.1 Å². The molecule has 0 atom stereocenters. The highest BCUT2D eigenvalue weighted by Gasteiger charge is 2.02. The Morgan fingerprint density at radius 2 is 2.15 bits per heavy atom. The summed E-state index contributed by atoms with van der Waals surface area (Å²) in [5, 5.41) is 10.6. The topological polar surface area (TPSA) is 43.1 Å². The lowest BCUT2D eigenvalue weighted by atomic mass is 10.2. The van der Waals surface area contributed by atoms with Gasteiger partial charge in [-0.2, -0.15) is 0 Å². The van der Waals surface area contributed by atoms with E-state index < -0.39 is 4.92 Å². The monoisotopic (exact) mass is 216 g/mol. The molecule has 0 aromatic heterocycles. The van der Waals surface area contributed by atoms with Gasteiger partial charge in [0, 0.05) is 5.56 Å². The molecule has 13 heavy (non-hydrogen) atoms. The first kappa shape index (κ1) is 10.0. The second kappa shape index (κ2) is 4.25. The fourth-order valence-corrected chi connectivity index (χ4v) is 1.09. The van der Waals surface area contributed by atoms with Crippen LogP contribution in [0.5, 0.6) is 0 Å². The molecule has 0 fully saturated rings. The van der Waals surface area contributed by atoms with Crippen molar-refractivity contribution in [3.8, 4) is 0 Å².